The number of rotatable bonds is 4. The number of hydrogen-bond donors (Lipinski definition) is 4. The van der Waals surface area contributed by atoms with E-state index in [9.17, 15) is 20.3 Å². The van der Waals surface area contributed by atoms with Crippen molar-refractivity contribution >= 4 is 28.9 Å². The number of imidazole rings is 1. The lowest BCUT2D eigenvalue weighted by Crippen LogP contribution is -1.95. The van der Waals surface area contributed by atoms with Crippen LogP contribution in [-0.4, -0.2) is 31.3 Å². The smallest absolute Gasteiger partial charge is 0.311 e. The zero-order chi connectivity index (χ0) is 16.4. The first-order valence-corrected chi connectivity index (χ1v) is 6.49. The highest BCUT2D eigenvalue weighted by molar-refractivity contribution is 5.86. The van der Waals surface area contributed by atoms with Crippen molar-refractivity contribution in [3.63, 3.8) is 0 Å². The number of aromatic hydroxyl groups is 2. The molecular formula is C14H11N5O4. The van der Waals surface area contributed by atoms with E-state index in [1.54, 1.807) is 0 Å². The maximum Gasteiger partial charge on any atom is 0.311 e. The van der Waals surface area contributed by atoms with Gasteiger partial charge in [-0.25, -0.2) is 10.4 Å². The van der Waals surface area contributed by atoms with Gasteiger partial charge in [0.2, 0.25) is 5.95 Å². The fourth-order valence-corrected chi connectivity index (χ4v) is 2.00. The largest absolute Gasteiger partial charge is 0.507 e. The molecule has 3 aromatic rings. The van der Waals surface area contributed by atoms with E-state index in [-0.39, 0.29) is 11.3 Å². The molecule has 2 aromatic carbocycles. The van der Waals surface area contributed by atoms with Gasteiger partial charge in [0.1, 0.15) is 5.75 Å². The molecule has 0 atom stereocenters. The number of H-pyrrole nitrogens is 1. The van der Waals surface area contributed by atoms with Gasteiger partial charge in [0, 0.05) is 17.7 Å². The number of hydrazone groups is 1. The Hall–Kier alpha value is -3.62. The van der Waals surface area contributed by atoms with E-state index in [2.05, 4.69) is 20.5 Å². The van der Waals surface area contributed by atoms with Crippen LogP contribution in [-0.2, 0) is 0 Å². The van der Waals surface area contributed by atoms with E-state index in [1.165, 1.54) is 6.21 Å². The number of phenols is 2. The summed E-state index contributed by atoms with van der Waals surface area (Å²) in [4.78, 5) is 17.2. The van der Waals surface area contributed by atoms with Gasteiger partial charge in [-0.2, -0.15) is 5.10 Å². The standard InChI is InChI=1S/C14H11N5O4/c20-12-6-13(21)11(19(22)23)5-8(12)7-15-18-14-16-9-3-1-2-4-10(9)17-14/h1-7,20-21H,(H2,16,17,18)/b15-7+. The number of para-hydroxylation sites is 2. The van der Waals surface area contributed by atoms with E-state index in [4.69, 9.17) is 0 Å². The minimum absolute atomic E-state index is 0.0816. The van der Waals surface area contributed by atoms with Crippen molar-refractivity contribution in [1.82, 2.24) is 9.97 Å². The Bertz CT molecular complexity index is 886. The van der Waals surface area contributed by atoms with E-state index in [0.29, 0.717) is 5.95 Å². The summed E-state index contributed by atoms with van der Waals surface area (Å²) in [5.74, 6) is -0.562. The van der Waals surface area contributed by atoms with Crippen molar-refractivity contribution in [2.24, 2.45) is 5.10 Å². The van der Waals surface area contributed by atoms with Crippen molar-refractivity contribution in [3.8, 4) is 11.5 Å². The number of fused-ring (bicyclic) bond motifs is 1. The first kappa shape index (κ1) is 14.3. The van der Waals surface area contributed by atoms with Gasteiger partial charge in [0.15, 0.2) is 5.75 Å². The molecule has 4 N–H and O–H groups in total. The Labute approximate surface area is 129 Å². The number of aromatic nitrogens is 2. The summed E-state index contributed by atoms with van der Waals surface area (Å²) >= 11 is 0. The molecule has 3 rings (SSSR count). The molecule has 1 aromatic heterocycles. The van der Waals surface area contributed by atoms with Crippen molar-refractivity contribution in [2.45, 2.75) is 0 Å². The lowest BCUT2D eigenvalue weighted by molar-refractivity contribution is -0.385. The minimum Gasteiger partial charge on any atom is -0.507 e. The van der Waals surface area contributed by atoms with Crippen LogP contribution < -0.4 is 5.43 Å². The van der Waals surface area contributed by atoms with Crippen LogP contribution >= 0.6 is 0 Å². The Morgan fingerprint density at radius 1 is 1.26 bits per heavy atom. The topological polar surface area (TPSA) is 137 Å². The number of phenolic OH excluding ortho intramolecular Hbond substituents is 2. The molecule has 9 nitrogen and oxygen atoms in total. The third kappa shape index (κ3) is 2.88. The van der Waals surface area contributed by atoms with Crippen LogP contribution in [0.2, 0.25) is 0 Å². The monoisotopic (exact) mass is 313 g/mol. The number of benzene rings is 2. The molecule has 0 saturated heterocycles. The molecule has 0 radical (unpaired) electrons. The molecule has 0 fully saturated rings. The molecule has 1 heterocycles. The fraction of sp³-hybridized carbons (Fsp3) is 0. The summed E-state index contributed by atoms with van der Waals surface area (Å²) < 4.78 is 0. The maximum absolute atomic E-state index is 10.8. The normalized spacial score (nSPS) is 11.1. The minimum atomic E-state index is -0.751. The Morgan fingerprint density at radius 3 is 2.78 bits per heavy atom. The molecule has 0 bridgehead atoms. The number of anilines is 1. The van der Waals surface area contributed by atoms with Crippen LogP contribution in [0.15, 0.2) is 41.5 Å². The van der Waals surface area contributed by atoms with Gasteiger partial charge < -0.3 is 15.2 Å². The van der Waals surface area contributed by atoms with Crippen LogP contribution in [0.3, 0.4) is 0 Å². The molecule has 0 aliphatic carbocycles. The average Bonchev–Trinajstić information content (AvgIpc) is 2.91. The molecule has 0 saturated carbocycles. The molecule has 0 aliphatic heterocycles. The average molecular weight is 313 g/mol. The quantitative estimate of drug-likeness (QED) is 0.331. The molecule has 9 heteroatoms. The third-order valence-electron chi connectivity index (χ3n) is 3.08. The highest BCUT2D eigenvalue weighted by Gasteiger charge is 2.16. The Balaban J connectivity index is 1.82. The second-order valence-corrected chi connectivity index (χ2v) is 4.63. The molecule has 0 spiro atoms. The van der Waals surface area contributed by atoms with E-state index >= 15 is 0 Å². The van der Waals surface area contributed by atoms with E-state index < -0.39 is 16.4 Å². The number of nitrogens with one attached hydrogen (secondary N) is 2. The molecule has 0 aliphatic rings. The molecular weight excluding hydrogens is 302 g/mol. The Kier molecular flexibility index (Phi) is 3.51. The molecule has 0 unspecified atom stereocenters. The number of nitro groups is 1. The summed E-state index contributed by atoms with van der Waals surface area (Å²) in [5, 5.41) is 33.7. The zero-order valence-electron chi connectivity index (χ0n) is 11.6. The van der Waals surface area contributed by atoms with Gasteiger partial charge in [-0.1, -0.05) is 12.1 Å². The fourth-order valence-electron chi connectivity index (χ4n) is 2.00. The third-order valence-corrected chi connectivity index (χ3v) is 3.08. The van der Waals surface area contributed by atoms with Crippen LogP contribution in [0.5, 0.6) is 11.5 Å². The van der Waals surface area contributed by atoms with E-state index in [0.717, 1.165) is 23.2 Å². The zero-order valence-corrected chi connectivity index (χ0v) is 11.6. The first-order chi connectivity index (χ1) is 11.0. The van der Waals surface area contributed by atoms with Gasteiger partial charge in [-0.15, -0.1) is 0 Å². The van der Waals surface area contributed by atoms with Crippen molar-refractivity contribution in [3.05, 3.63) is 52.1 Å². The van der Waals surface area contributed by atoms with Crippen LogP contribution in [0.1, 0.15) is 5.56 Å². The molecule has 0 amide bonds. The molecule has 116 valence electrons. The number of hydrogen-bond acceptors (Lipinski definition) is 7. The van der Waals surface area contributed by atoms with Gasteiger partial charge in [0.25, 0.3) is 0 Å². The first-order valence-electron chi connectivity index (χ1n) is 6.49. The van der Waals surface area contributed by atoms with E-state index in [1.807, 2.05) is 24.3 Å². The molecule has 23 heavy (non-hydrogen) atoms. The summed E-state index contributed by atoms with van der Waals surface area (Å²) in [6, 6.07) is 9.31. The predicted molar refractivity (Wildman–Crippen MR) is 83.7 cm³/mol. The highest BCUT2D eigenvalue weighted by Crippen LogP contribution is 2.31. The van der Waals surface area contributed by atoms with Gasteiger partial charge in [-0.05, 0) is 12.1 Å². The lowest BCUT2D eigenvalue weighted by atomic mass is 10.2. The van der Waals surface area contributed by atoms with Gasteiger partial charge in [-0.3, -0.25) is 10.1 Å². The summed E-state index contributed by atoms with van der Waals surface area (Å²) in [6.07, 6.45) is 1.19. The number of nitrogens with zero attached hydrogens (tertiary/aromatic N) is 3. The lowest BCUT2D eigenvalue weighted by Gasteiger charge is -2.01. The maximum atomic E-state index is 10.8. The second-order valence-electron chi connectivity index (χ2n) is 4.63. The number of nitro benzene ring substituents is 1. The SMILES string of the molecule is O=[N+]([O-])c1cc(/C=N/Nc2nc3ccccc3[nH]2)c(O)cc1O. The predicted octanol–water partition coefficient (Wildman–Crippen LogP) is 2.33. The van der Waals surface area contributed by atoms with Crippen LogP contribution in [0.4, 0.5) is 11.6 Å². The second kappa shape index (κ2) is 5.64. The summed E-state index contributed by atoms with van der Waals surface area (Å²) in [6.45, 7) is 0. The van der Waals surface area contributed by atoms with Crippen molar-refractivity contribution in [2.75, 3.05) is 5.43 Å². The highest BCUT2D eigenvalue weighted by atomic mass is 16.6. The summed E-state index contributed by atoms with van der Waals surface area (Å²) in [7, 11) is 0. The Morgan fingerprint density at radius 2 is 2.04 bits per heavy atom. The number of aromatic amines is 1. The van der Waals surface area contributed by atoms with Crippen molar-refractivity contribution in [1.29, 1.82) is 0 Å². The van der Waals surface area contributed by atoms with Crippen LogP contribution in [0.25, 0.3) is 11.0 Å². The van der Waals surface area contributed by atoms with Crippen LogP contribution in [0, 0.1) is 10.1 Å². The van der Waals surface area contributed by atoms with Gasteiger partial charge in [0.05, 0.1) is 22.2 Å². The summed E-state index contributed by atoms with van der Waals surface area (Å²) in [5.41, 5.74) is 3.78. The van der Waals surface area contributed by atoms with Gasteiger partial charge >= 0.3 is 5.69 Å². The van der Waals surface area contributed by atoms with Crippen molar-refractivity contribution < 1.29 is 15.1 Å².